The predicted molar refractivity (Wildman–Crippen MR) is 128 cm³/mol. The normalized spacial score (nSPS) is 13.9. The number of ether oxygens (including phenoxy) is 2. The molecule has 4 aromatic rings. The minimum absolute atomic E-state index is 0.0701. The summed E-state index contributed by atoms with van der Waals surface area (Å²) in [5, 5.41) is 3.40. The molecule has 8 heteroatoms. The molecule has 0 spiro atoms. The topological polar surface area (TPSA) is 78.3 Å². The summed E-state index contributed by atoms with van der Waals surface area (Å²) in [6.07, 6.45) is 1.95. The van der Waals surface area contributed by atoms with Crippen LogP contribution in [-0.2, 0) is 17.9 Å². The first-order chi connectivity index (χ1) is 16.1. The lowest BCUT2D eigenvalue weighted by molar-refractivity contribution is 0.0816. The molecule has 5 rings (SSSR count). The molecule has 1 N–H and O–H groups in total. The molecule has 0 aliphatic carbocycles. The van der Waals surface area contributed by atoms with E-state index in [4.69, 9.17) is 14.5 Å². The summed E-state index contributed by atoms with van der Waals surface area (Å²) in [7, 11) is 1.62. The third kappa shape index (κ3) is 4.27. The summed E-state index contributed by atoms with van der Waals surface area (Å²) in [6, 6.07) is 16.7. The molecule has 0 saturated heterocycles. The monoisotopic (exact) mass is 460 g/mol. The van der Waals surface area contributed by atoms with Gasteiger partial charge in [-0.15, -0.1) is 0 Å². The number of ketones is 1. The highest BCUT2D eigenvalue weighted by Gasteiger charge is 2.31. The SMILES string of the molecule is COc1cccc(NC(C(=O)c2c(-c3ccccc3)nsc2C)c2cn3c(n2)COCC3)c1. The summed E-state index contributed by atoms with van der Waals surface area (Å²) in [6.45, 7) is 3.73. The molecular weight excluding hydrogens is 436 g/mol. The Morgan fingerprint density at radius 2 is 2.06 bits per heavy atom. The van der Waals surface area contributed by atoms with Gasteiger partial charge in [0.05, 0.1) is 30.7 Å². The molecule has 1 aliphatic heterocycles. The molecular formula is C25H24N4O3S. The van der Waals surface area contributed by atoms with Gasteiger partial charge in [-0.25, -0.2) is 4.98 Å². The van der Waals surface area contributed by atoms with Crippen LogP contribution in [0.5, 0.6) is 5.75 Å². The van der Waals surface area contributed by atoms with Crippen molar-refractivity contribution in [3.63, 3.8) is 0 Å². The Hall–Kier alpha value is -3.49. The Morgan fingerprint density at radius 1 is 1.21 bits per heavy atom. The second-order valence-corrected chi connectivity index (χ2v) is 8.81. The second kappa shape index (κ2) is 9.17. The van der Waals surface area contributed by atoms with Crippen molar-refractivity contribution >= 4 is 23.0 Å². The molecule has 0 saturated carbocycles. The van der Waals surface area contributed by atoms with E-state index < -0.39 is 6.04 Å². The molecule has 1 atom stereocenters. The number of carbonyl (C=O) groups excluding carboxylic acids is 1. The van der Waals surface area contributed by atoms with Gasteiger partial charge in [-0.05, 0) is 30.6 Å². The Bertz CT molecular complexity index is 1260. The standard InChI is InChI=1S/C25H24N4O3S/c1-16-22(23(28-33-16)17-7-4-3-5-8-17)25(30)24(26-18-9-6-10-19(13-18)31-2)20-14-29-11-12-32-15-21(29)27-20/h3-10,13-14,24,26H,11-12,15H2,1-2H3. The van der Waals surface area contributed by atoms with E-state index in [1.54, 1.807) is 7.11 Å². The van der Waals surface area contributed by atoms with E-state index in [9.17, 15) is 4.79 Å². The van der Waals surface area contributed by atoms with Crippen LogP contribution in [0, 0.1) is 6.92 Å². The van der Waals surface area contributed by atoms with E-state index in [1.807, 2.05) is 67.7 Å². The Balaban J connectivity index is 1.58. The van der Waals surface area contributed by atoms with Crippen molar-refractivity contribution < 1.29 is 14.3 Å². The van der Waals surface area contributed by atoms with E-state index in [0.29, 0.717) is 35.9 Å². The summed E-state index contributed by atoms with van der Waals surface area (Å²) in [5.41, 5.74) is 3.68. The maximum Gasteiger partial charge on any atom is 0.194 e. The van der Waals surface area contributed by atoms with E-state index in [-0.39, 0.29) is 5.78 Å². The van der Waals surface area contributed by atoms with Crippen LogP contribution in [0.3, 0.4) is 0 Å². The number of Topliss-reactive ketones (excluding diaryl/α,β-unsaturated/α-hetero) is 1. The summed E-state index contributed by atoms with van der Waals surface area (Å²) >= 11 is 1.34. The highest BCUT2D eigenvalue weighted by molar-refractivity contribution is 7.06. The third-order valence-corrected chi connectivity index (χ3v) is 6.43. The van der Waals surface area contributed by atoms with E-state index in [1.165, 1.54) is 11.5 Å². The molecule has 2 aromatic heterocycles. The number of anilines is 1. The van der Waals surface area contributed by atoms with Crippen LogP contribution in [0.1, 0.15) is 32.8 Å². The van der Waals surface area contributed by atoms with Gasteiger partial charge in [-0.2, -0.15) is 4.37 Å². The minimum atomic E-state index is -0.687. The molecule has 3 heterocycles. The third-order valence-electron chi connectivity index (χ3n) is 5.68. The second-order valence-electron chi connectivity index (χ2n) is 7.83. The van der Waals surface area contributed by atoms with Gasteiger partial charge >= 0.3 is 0 Å². The van der Waals surface area contributed by atoms with E-state index >= 15 is 0 Å². The van der Waals surface area contributed by atoms with Crippen LogP contribution in [0.4, 0.5) is 5.69 Å². The number of benzene rings is 2. The smallest absolute Gasteiger partial charge is 0.194 e. The molecule has 0 bridgehead atoms. The first kappa shape index (κ1) is 21.4. The van der Waals surface area contributed by atoms with Gasteiger partial charge in [0, 0.05) is 34.9 Å². The van der Waals surface area contributed by atoms with Crippen molar-refractivity contribution in [3.8, 4) is 17.0 Å². The molecule has 1 unspecified atom stereocenters. The fraction of sp³-hybridized carbons (Fsp3) is 0.240. The van der Waals surface area contributed by atoms with Crippen LogP contribution in [0.2, 0.25) is 0 Å². The lowest BCUT2D eigenvalue weighted by Crippen LogP contribution is -2.22. The van der Waals surface area contributed by atoms with Gasteiger partial charge in [0.2, 0.25) is 0 Å². The number of nitrogens with zero attached hydrogens (tertiary/aromatic N) is 3. The summed E-state index contributed by atoms with van der Waals surface area (Å²) < 4.78 is 17.6. The zero-order valence-corrected chi connectivity index (χ0v) is 19.3. The molecule has 1 aliphatic rings. The van der Waals surface area contributed by atoms with Gasteiger partial charge in [0.15, 0.2) is 5.78 Å². The largest absolute Gasteiger partial charge is 0.497 e. The molecule has 2 aromatic carbocycles. The highest BCUT2D eigenvalue weighted by atomic mass is 32.1. The number of methoxy groups -OCH3 is 1. The molecule has 0 amide bonds. The lowest BCUT2D eigenvalue weighted by Gasteiger charge is -2.18. The number of nitrogens with one attached hydrogen (secondary N) is 1. The Labute approximate surface area is 196 Å². The van der Waals surface area contributed by atoms with Crippen molar-refractivity contribution in [2.45, 2.75) is 26.1 Å². The fourth-order valence-electron chi connectivity index (χ4n) is 4.00. The minimum Gasteiger partial charge on any atom is -0.497 e. The van der Waals surface area contributed by atoms with Crippen molar-refractivity contribution in [2.24, 2.45) is 0 Å². The average molecular weight is 461 g/mol. The number of hydrogen-bond donors (Lipinski definition) is 1. The fourth-order valence-corrected chi connectivity index (χ4v) is 4.72. The Kier molecular flexibility index (Phi) is 5.93. The molecule has 168 valence electrons. The van der Waals surface area contributed by atoms with Gasteiger partial charge in [-0.1, -0.05) is 36.4 Å². The molecule has 33 heavy (non-hydrogen) atoms. The number of fused-ring (bicyclic) bond motifs is 1. The van der Waals surface area contributed by atoms with Crippen LogP contribution >= 0.6 is 11.5 Å². The average Bonchev–Trinajstić information content (AvgIpc) is 3.46. The van der Waals surface area contributed by atoms with Gasteiger partial charge in [-0.3, -0.25) is 4.79 Å². The van der Waals surface area contributed by atoms with Crippen molar-refractivity contribution in [3.05, 3.63) is 82.8 Å². The first-order valence-electron chi connectivity index (χ1n) is 10.7. The molecule has 0 fully saturated rings. The van der Waals surface area contributed by atoms with Crippen LogP contribution < -0.4 is 10.1 Å². The number of imidazole rings is 1. The number of carbonyl (C=O) groups is 1. The summed E-state index contributed by atoms with van der Waals surface area (Å²) in [5.74, 6) is 1.46. The highest BCUT2D eigenvalue weighted by Crippen LogP contribution is 2.33. The maximum atomic E-state index is 14.1. The first-order valence-corrected chi connectivity index (χ1v) is 11.5. The summed E-state index contributed by atoms with van der Waals surface area (Å²) in [4.78, 5) is 19.7. The van der Waals surface area contributed by atoms with Crippen LogP contribution in [0.25, 0.3) is 11.3 Å². The van der Waals surface area contributed by atoms with Crippen LogP contribution in [-0.4, -0.2) is 33.4 Å². The zero-order chi connectivity index (χ0) is 22.8. The van der Waals surface area contributed by atoms with Crippen molar-refractivity contribution in [1.29, 1.82) is 0 Å². The maximum absolute atomic E-state index is 14.1. The van der Waals surface area contributed by atoms with E-state index in [0.717, 1.165) is 28.5 Å². The number of rotatable bonds is 7. The lowest BCUT2D eigenvalue weighted by atomic mass is 9.97. The van der Waals surface area contributed by atoms with Crippen LogP contribution in [0.15, 0.2) is 60.8 Å². The van der Waals surface area contributed by atoms with Crippen molar-refractivity contribution in [2.75, 3.05) is 19.0 Å². The zero-order valence-electron chi connectivity index (χ0n) is 18.4. The van der Waals surface area contributed by atoms with Gasteiger partial charge in [0.1, 0.15) is 24.2 Å². The number of hydrogen-bond acceptors (Lipinski definition) is 7. The number of aromatic nitrogens is 3. The van der Waals surface area contributed by atoms with Gasteiger partial charge < -0.3 is 19.4 Å². The quantitative estimate of drug-likeness (QED) is 0.396. The molecule has 7 nitrogen and oxygen atoms in total. The van der Waals surface area contributed by atoms with Gasteiger partial charge in [0.25, 0.3) is 0 Å². The van der Waals surface area contributed by atoms with E-state index in [2.05, 4.69) is 14.3 Å². The molecule has 0 radical (unpaired) electrons. The van der Waals surface area contributed by atoms with Crippen molar-refractivity contribution in [1.82, 2.24) is 13.9 Å². The Morgan fingerprint density at radius 3 is 2.85 bits per heavy atom. The predicted octanol–water partition coefficient (Wildman–Crippen LogP) is 4.89. The number of aryl methyl sites for hydroxylation is 1.